The standard InChI is InChI=1S/C21H27F3N2O/c22-21(23,24)17-5-3-4-15(12-17)13-26-19-10-11-25(18-6-1-2-7-18)14-16(19)8-9-20(26)27/h3-5,12,16,18-19H,1-2,6-11,13-14H2/t16-,19+/m1/s1. The van der Waals surface area contributed by atoms with Gasteiger partial charge in [-0.2, -0.15) is 13.2 Å². The van der Waals surface area contributed by atoms with E-state index in [-0.39, 0.29) is 18.5 Å². The first-order chi connectivity index (χ1) is 12.9. The molecule has 148 valence electrons. The average molecular weight is 380 g/mol. The van der Waals surface area contributed by atoms with Gasteiger partial charge in [-0.15, -0.1) is 0 Å². The monoisotopic (exact) mass is 380 g/mol. The van der Waals surface area contributed by atoms with Crippen LogP contribution in [0.15, 0.2) is 24.3 Å². The molecule has 1 saturated carbocycles. The lowest BCUT2D eigenvalue weighted by atomic mass is 9.82. The summed E-state index contributed by atoms with van der Waals surface area (Å²) >= 11 is 0. The van der Waals surface area contributed by atoms with Crippen LogP contribution in [0.5, 0.6) is 0 Å². The first kappa shape index (κ1) is 18.8. The van der Waals surface area contributed by atoms with E-state index in [0.29, 0.717) is 23.9 Å². The van der Waals surface area contributed by atoms with Crippen LogP contribution in [-0.4, -0.2) is 40.9 Å². The molecule has 1 aromatic rings. The van der Waals surface area contributed by atoms with Gasteiger partial charge in [0.15, 0.2) is 0 Å². The first-order valence-corrected chi connectivity index (χ1v) is 10.1. The predicted octanol–water partition coefficient (Wildman–Crippen LogP) is 4.46. The number of hydrogen-bond acceptors (Lipinski definition) is 2. The highest BCUT2D eigenvalue weighted by Crippen LogP contribution is 2.36. The number of benzene rings is 1. The van der Waals surface area contributed by atoms with Crippen molar-refractivity contribution in [1.82, 2.24) is 9.80 Å². The van der Waals surface area contributed by atoms with Crippen LogP contribution < -0.4 is 0 Å². The molecule has 0 radical (unpaired) electrons. The molecule has 3 aliphatic rings. The van der Waals surface area contributed by atoms with Crippen LogP contribution in [0.3, 0.4) is 0 Å². The third kappa shape index (κ3) is 4.00. The fourth-order valence-corrected chi connectivity index (χ4v) is 5.23. The maximum atomic E-state index is 13.0. The number of alkyl halides is 3. The molecule has 0 unspecified atom stereocenters. The third-order valence-electron chi connectivity index (χ3n) is 6.62. The van der Waals surface area contributed by atoms with Crippen LogP contribution in [-0.2, 0) is 17.5 Å². The van der Waals surface area contributed by atoms with Crippen molar-refractivity contribution < 1.29 is 18.0 Å². The zero-order chi connectivity index (χ0) is 19.0. The number of carbonyl (C=O) groups is 1. The minimum Gasteiger partial charge on any atom is -0.335 e. The Morgan fingerprint density at radius 2 is 1.85 bits per heavy atom. The van der Waals surface area contributed by atoms with Gasteiger partial charge in [-0.25, -0.2) is 0 Å². The van der Waals surface area contributed by atoms with Gasteiger partial charge < -0.3 is 4.90 Å². The normalized spacial score (nSPS) is 27.8. The van der Waals surface area contributed by atoms with Gasteiger partial charge in [-0.3, -0.25) is 9.69 Å². The van der Waals surface area contributed by atoms with E-state index < -0.39 is 11.7 Å². The zero-order valence-electron chi connectivity index (χ0n) is 15.5. The van der Waals surface area contributed by atoms with Crippen molar-refractivity contribution in [3.63, 3.8) is 0 Å². The Balaban J connectivity index is 1.47. The summed E-state index contributed by atoms with van der Waals surface area (Å²) in [4.78, 5) is 17.0. The van der Waals surface area contributed by atoms with Gasteiger partial charge in [0.05, 0.1) is 5.56 Å². The molecule has 3 nitrogen and oxygen atoms in total. The van der Waals surface area contributed by atoms with Crippen molar-refractivity contribution in [2.45, 2.75) is 69.8 Å². The molecule has 0 spiro atoms. The Morgan fingerprint density at radius 3 is 2.59 bits per heavy atom. The summed E-state index contributed by atoms with van der Waals surface area (Å²) in [6.45, 7) is 2.31. The van der Waals surface area contributed by atoms with Crippen LogP contribution in [0.1, 0.15) is 56.1 Å². The lowest BCUT2D eigenvalue weighted by Gasteiger charge is -2.48. The van der Waals surface area contributed by atoms with Crippen molar-refractivity contribution in [2.75, 3.05) is 13.1 Å². The average Bonchev–Trinajstić information content (AvgIpc) is 3.18. The minimum atomic E-state index is -4.35. The number of piperidine rings is 2. The summed E-state index contributed by atoms with van der Waals surface area (Å²) in [5, 5.41) is 0. The van der Waals surface area contributed by atoms with E-state index >= 15 is 0 Å². The highest BCUT2D eigenvalue weighted by atomic mass is 19.4. The molecule has 0 bridgehead atoms. The smallest absolute Gasteiger partial charge is 0.335 e. The van der Waals surface area contributed by atoms with Crippen molar-refractivity contribution in [2.24, 2.45) is 5.92 Å². The Kier molecular flexibility index (Phi) is 5.19. The fraction of sp³-hybridized carbons (Fsp3) is 0.667. The molecule has 2 atom stereocenters. The molecule has 2 saturated heterocycles. The lowest BCUT2D eigenvalue weighted by molar-refractivity contribution is -0.142. The molecule has 1 amide bonds. The van der Waals surface area contributed by atoms with Gasteiger partial charge in [-0.1, -0.05) is 25.0 Å². The van der Waals surface area contributed by atoms with E-state index in [0.717, 1.165) is 32.0 Å². The van der Waals surface area contributed by atoms with Crippen molar-refractivity contribution in [3.8, 4) is 0 Å². The summed E-state index contributed by atoms with van der Waals surface area (Å²) in [5.41, 5.74) is -0.0749. The summed E-state index contributed by atoms with van der Waals surface area (Å²) in [7, 11) is 0. The Morgan fingerprint density at radius 1 is 1.07 bits per heavy atom. The van der Waals surface area contributed by atoms with E-state index in [9.17, 15) is 18.0 Å². The zero-order valence-corrected chi connectivity index (χ0v) is 15.5. The predicted molar refractivity (Wildman–Crippen MR) is 97.0 cm³/mol. The molecular weight excluding hydrogens is 353 g/mol. The Hall–Kier alpha value is -1.56. The molecule has 3 fully saturated rings. The Labute approximate surface area is 158 Å². The van der Waals surface area contributed by atoms with Crippen LogP contribution in [0.25, 0.3) is 0 Å². The van der Waals surface area contributed by atoms with Gasteiger partial charge in [-0.05, 0) is 49.3 Å². The quantitative estimate of drug-likeness (QED) is 0.773. The number of nitrogens with zero attached hydrogens (tertiary/aromatic N) is 2. The maximum Gasteiger partial charge on any atom is 0.416 e. The van der Waals surface area contributed by atoms with Crippen LogP contribution in [0, 0.1) is 5.92 Å². The highest BCUT2D eigenvalue weighted by Gasteiger charge is 2.41. The lowest BCUT2D eigenvalue weighted by Crippen LogP contribution is -2.56. The third-order valence-corrected chi connectivity index (χ3v) is 6.62. The van der Waals surface area contributed by atoms with Crippen LogP contribution >= 0.6 is 0 Å². The van der Waals surface area contributed by atoms with Crippen molar-refractivity contribution in [3.05, 3.63) is 35.4 Å². The molecule has 2 heterocycles. The van der Waals surface area contributed by atoms with Gasteiger partial charge in [0.1, 0.15) is 0 Å². The summed E-state index contributed by atoms with van der Waals surface area (Å²) in [6, 6.07) is 6.26. The second-order valence-corrected chi connectivity index (χ2v) is 8.31. The largest absolute Gasteiger partial charge is 0.416 e. The van der Waals surface area contributed by atoms with Crippen molar-refractivity contribution in [1.29, 1.82) is 0 Å². The number of fused-ring (bicyclic) bond motifs is 1. The number of rotatable bonds is 3. The van der Waals surface area contributed by atoms with E-state index in [1.807, 2.05) is 4.90 Å². The number of likely N-dealkylation sites (tertiary alicyclic amines) is 2. The van der Waals surface area contributed by atoms with Crippen LogP contribution in [0.2, 0.25) is 0 Å². The number of halogens is 3. The van der Waals surface area contributed by atoms with Crippen LogP contribution in [0.4, 0.5) is 13.2 Å². The molecule has 1 aliphatic carbocycles. The van der Waals surface area contributed by atoms with E-state index in [1.54, 1.807) is 6.07 Å². The van der Waals surface area contributed by atoms with Gasteiger partial charge >= 0.3 is 6.18 Å². The first-order valence-electron chi connectivity index (χ1n) is 10.1. The maximum absolute atomic E-state index is 13.0. The molecule has 0 N–H and O–H groups in total. The molecule has 2 aliphatic heterocycles. The molecule has 1 aromatic carbocycles. The van der Waals surface area contributed by atoms with E-state index in [2.05, 4.69) is 4.90 Å². The SMILES string of the molecule is O=C1CC[C@@H]2CN(C3CCCC3)CC[C@@H]2N1Cc1cccc(C(F)(F)F)c1. The van der Waals surface area contributed by atoms with Crippen molar-refractivity contribution >= 4 is 5.91 Å². The molecule has 27 heavy (non-hydrogen) atoms. The summed E-state index contributed by atoms with van der Waals surface area (Å²) < 4.78 is 39.0. The number of hydrogen-bond donors (Lipinski definition) is 0. The highest BCUT2D eigenvalue weighted by molar-refractivity contribution is 5.77. The second kappa shape index (κ2) is 7.46. The number of carbonyl (C=O) groups excluding carboxylic acids is 1. The van der Waals surface area contributed by atoms with Gasteiger partial charge in [0.25, 0.3) is 0 Å². The molecular formula is C21H27F3N2O. The van der Waals surface area contributed by atoms with Gasteiger partial charge in [0, 0.05) is 38.1 Å². The molecule has 0 aromatic heterocycles. The number of amides is 1. The summed E-state index contributed by atoms with van der Waals surface area (Å²) in [5.74, 6) is 0.533. The topological polar surface area (TPSA) is 23.6 Å². The molecule has 6 heteroatoms. The van der Waals surface area contributed by atoms with E-state index in [4.69, 9.17) is 0 Å². The van der Waals surface area contributed by atoms with Gasteiger partial charge in [0.2, 0.25) is 5.91 Å². The van der Waals surface area contributed by atoms with E-state index in [1.165, 1.54) is 37.8 Å². The Bertz CT molecular complexity index is 684. The fourth-order valence-electron chi connectivity index (χ4n) is 5.23. The minimum absolute atomic E-state index is 0.0861. The summed E-state index contributed by atoms with van der Waals surface area (Å²) in [6.07, 6.45) is 3.20. The second-order valence-electron chi connectivity index (χ2n) is 8.31. The molecule has 4 rings (SSSR count).